The maximum Gasteiger partial charge on any atom is 0.343 e. The van der Waals surface area contributed by atoms with Crippen LogP contribution in [0.25, 0.3) is 10.8 Å². The SMILES string of the molecule is COc1ccc(C(=O)Oc2ccc3ccccc3c2/C=N\NC(=O)COc2cccc(Cl)c2Cl)cc1. The van der Waals surface area contributed by atoms with E-state index in [2.05, 4.69) is 10.5 Å². The molecule has 1 N–H and O–H groups in total. The van der Waals surface area contributed by atoms with Crippen LogP contribution in [-0.2, 0) is 4.79 Å². The summed E-state index contributed by atoms with van der Waals surface area (Å²) in [7, 11) is 1.55. The van der Waals surface area contributed by atoms with Crippen molar-refractivity contribution < 1.29 is 23.8 Å². The number of methoxy groups -OCH3 is 1. The second-order valence-electron chi connectivity index (χ2n) is 7.45. The number of hydrogen-bond acceptors (Lipinski definition) is 6. The van der Waals surface area contributed by atoms with Crippen LogP contribution >= 0.6 is 23.2 Å². The fourth-order valence-electron chi connectivity index (χ4n) is 3.32. The highest BCUT2D eigenvalue weighted by Gasteiger charge is 2.14. The van der Waals surface area contributed by atoms with E-state index in [4.69, 9.17) is 37.4 Å². The molecule has 0 bridgehead atoms. The summed E-state index contributed by atoms with van der Waals surface area (Å²) in [5.74, 6) is 0.139. The molecule has 4 rings (SSSR count). The van der Waals surface area contributed by atoms with Gasteiger partial charge in [0.15, 0.2) is 6.61 Å². The lowest BCUT2D eigenvalue weighted by atomic mass is 10.0. The summed E-state index contributed by atoms with van der Waals surface area (Å²) < 4.78 is 16.2. The number of nitrogens with one attached hydrogen (secondary N) is 1. The molecule has 0 spiro atoms. The summed E-state index contributed by atoms with van der Waals surface area (Å²) in [6, 6.07) is 22.5. The van der Waals surface area contributed by atoms with Gasteiger partial charge in [0.1, 0.15) is 22.3 Å². The van der Waals surface area contributed by atoms with E-state index in [9.17, 15) is 9.59 Å². The minimum atomic E-state index is -0.543. The first-order chi connectivity index (χ1) is 17.5. The van der Waals surface area contributed by atoms with Crippen LogP contribution in [0.15, 0.2) is 84.0 Å². The number of fused-ring (bicyclic) bond motifs is 1. The minimum Gasteiger partial charge on any atom is -0.497 e. The second kappa shape index (κ2) is 11.6. The van der Waals surface area contributed by atoms with Gasteiger partial charge in [-0.3, -0.25) is 4.79 Å². The number of hydrazone groups is 1. The standard InChI is InChI=1S/C27H20Cl2N2O5/c1-34-19-12-9-18(10-13-19)27(33)36-23-14-11-17-5-2-3-6-20(17)21(23)15-30-31-25(32)16-35-24-8-4-7-22(28)26(24)29/h2-15H,16H2,1H3,(H,31,32)/b30-15-. The zero-order valence-electron chi connectivity index (χ0n) is 19.0. The molecule has 0 radical (unpaired) electrons. The number of carbonyl (C=O) groups excluding carboxylic acids is 2. The largest absolute Gasteiger partial charge is 0.497 e. The van der Waals surface area contributed by atoms with Crippen LogP contribution in [0.4, 0.5) is 0 Å². The van der Waals surface area contributed by atoms with Crippen molar-refractivity contribution >= 4 is 52.1 Å². The van der Waals surface area contributed by atoms with E-state index in [0.717, 1.165) is 10.8 Å². The van der Waals surface area contributed by atoms with Gasteiger partial charge in [-0.25, -0.2) is 10.2 Å². The topological polar surface area (TPSA) is 86.2 Å². The van der Waals surface area contributed by atoms with Crippen LogP contribution in [0.1, 0.15) is 15.9 Å². The number of esters is 1. The number of nitrogens with zero attached hydrogens (tertiary/aromatic N) is 1. The maximum absolute atomic E-state index is 12.7. The third-order valence-electron chi connectivity index (χ3n) is 5.12. The van der Waals surface area contributed by atoms with E-state index >= 15 is 0 Å². The molecule has 0 aromatic heterocycles. The van der Waals surface area contributed by atoms with Gasteiger partial charge >= 0.3 is 5.97 Å². The van der Waals surface area contributed by atoms with Crippen molar-refractivity contribution in [3.63, 3.8) is 0 Å². The number of amides is 1. The van der Waals surface area contributed by atoms with E-state index in [0.29, 0.717) is 21.9 Å². The summed E-state index contributed by atoms with van der Waals surface area (Å²) in [5.41, 5.74) is 3.28. The van der Waals surface area contributed by atoms with Crippen LogP contribution in [0.2, 0.25) is 10.0 Å². The van der Waals surface area contributed by atoms with Crippen molar-refractivity contribution in [2.24, 2.45) is 5.10 Å². The zero-order valence-corrected chi connectivity index (χ0v) is 20.5. The predicted octanol–water partition coefficient (Wildman–Crippen LogP) is 5.90. The molecular formula is C27H20Cl2N2O5. The van der Waals surface area contributed by atoms with Crippen LogP contribution in [0.5, 0.6) is 17.2 Å². The van der Waals surface area contributed by atoms with Crippen LogP contribution < -0.4 is 19.6 Å². The molecular weight excluding hydrogens is 503 g/mol. The first-order valence-corrected chi connectivity index (χ1v) is 11.5. The third-order valence-corrected chi connectivity index (χ3v) is 5.92. The molecule has 4 aromatic rings. The van der Waals surface area contributed by atoms with Crippen LogP contribution in [-0.4, -0.2) is 31.8 Å². The number of benzene rings is 4. The van der Waals surface area contributed by atoms with Crippen molar-refractivity contribution in [3.8, 4) is 17.2 Å². The lowest BCUT2D eigenvalue weighted by Gasteiger charge is -2.11. The Kier molecular flexibility index (Phi) is 8.05. The Labute approximate surface area is 217 Å². The molecule has 182 valence electrons. The van der Waals surface area contributed by atoms with E-state index in [-0.39, 0.29) is 23.1 Å². The Morgan fingerprint density at radius 3 is 2.47 bits per heavy atom. The molecule has 9 heteroatoms. The number of rotatable bonds is 8. The van der Waals surface area contributed by atoms with Crippen molar-refractivity contribution in [2.75, 3.05) is 13.7 Å². The molecule has 0 atom stereocenters. The molecule has 1 amide bonds. The molecule has 0 heterocycles. The molecule has 0 saturated carbocycles. The molecule has 36 heavy (non-hydrogen) atoms. The normalized spacial score (nSPS) is 10.9. The van der Waals surface area contributed by atoms with Gasteiger partial charge in [-0.15, -0.1) is 0 Å². The van der Waals surface area contributed by atoms with Gasteiger partial charge in [-0.1, -0.05) is 59.6 Å². The molecule has 0 saturated heterocycles. The van der Waals surface area contributed by atoms with E-state index in [1.165, 1.54) is 6.21 Å². The highest BCUT2D eigenvalue weighted by molar-refractivity contribution is 6.42. The Hall–Kier alpha value is -4.07. The first-order valence-electron chi connectivity index (χ1n) is 10.7. The quantitative estimate of drug-likeness (QED) is 0.135. The number of carbonyl (C=O) groups is 2. The van der Waals surface area contributed by atoms with Crippen LogP contribution in [0, 0.1) is 0 Å². The average molecular weight is 523 g/mol. The lowest BCUT2D eigenvalue weighted by Crippen LogP contribution is -2.24. The third kappa shape index (κ3) is 5.94. The first kappa shape index (κ1) is 25.0. The van der Waals surface area contributed by atoms with Crippen molar-refractivity contribution in [1.29, 1.82) is 0 Å². The van der Waals surface area contributed by atoms with Gasteiger partial charge in [-0.05, 0) is 53.2 Å². The highest BCUT2D eigenvalue weighted by Crippen LogP contribution is 2.31. The second-order valence-corrected chi connectivity index (χ2v) is 8.24. The van der Waals surface area contributed by atoms with E-state index in [1.807, 2.05) is 30.3 Å². The fraction of sp³-hybridized carbons (Fsp3) is 0.0741. The predicted molar refractivity (Wildman–Crippen MR) is 140 cm³/mol. The van der Waals surface area contributed by atoms with Gasteiger partial charge in [-0.2, -0.15) is 5.10 Å². The van der Waals surface area contributed by atoms with Crippen molar-refractivity contribution in [1.82, 2.24) is 5.43 Å². The Morgan fingerprint density at radius 1 is 0.917 bits per heavy atom. The molecule has 0 unspecified atom stereocenters. The lowest BCUT2D eigenvalue weighted by molar-refractivity contribution is -0.123. The molecule has 0 fully saturated rings. The monoisotopic (exact) mass is 522 g/mol. The van der Waals surface area contributed by atoms with E-state index < -0.39 is 11.9 Å². The Balaban J connectivity index is 1.50. The maximum atomic E-state index is 12.7. The summed E-state index contributed by atoms with van der Waals surface area (Å²) in [6.07, 6.45) is 1.42. The Morgan fingerprint density at radius 2 is 1.69 bits per heavy atom. The van der Waals surface area contributed by atoms with Gasteiger partial charge in [0.2, 0.25) is 0 Å². The number of ether oxygens (including phenoxy) is 3. The molecule has 0 aliphatic rings. The highest BCUT2D eigenvalue weighted by atomic mass is 35.5. The molecule has 4 aromatic carbocycles. The van der Waals surface area contributed by atoms with Crippen molar-refractivity contribution in [3.05, 3.63) is 100 Å². The summed E-state index contributed by atoms with van der Waals surface area (Å²) in [5, 5.41) is 6.27. The summed E-state index contributed by atoms with van der Waals surface area (Å²) in [4.78, 5) is 25.0. The minimum absolute atomic E-state index is 0.217. The fourth-order valence-corrected chi connectivity index (χ4v) is 3.67. The molecule has 0 aliphatic heterocycles. The number of hydrogen-bond donors (Lipinski definition) is 1. The average Bonchev–Trinajstić information content (AvgIpc) is 2.90. The van der Waals surface area contributed by atoms with Gasteiger partial charge in [0, 0.05) is 5.56 Å². The van der Waals surface area contributed by atoms with Gasteiger partial charge < -0.3 is 14.2 Å². The Bertz CT molecular complexity index is 1440. The number of halogens is 2. The zero-order chi connectivity index (χ0) is 25.5. The smallest absolute Gasteiger partial charge is 0.343 e. The summed E-state index contributed by atoms with van der Waals surface area (Å²) >= 11 is 12.0. The summed E-state index contributed by atoms with van der Waals surface area (Å²) in [6.45, 7) is -0.327. The molecule has 0 aliphatic carbocycles. The van der Waals surface area contributed by atoms with E-state index in [1.54, 1.807) is 55.6 Å². The van der Waals surface area contributed by atoms with Crippen LogP contribution in [0.3, 0.4) is 0 Å². The van der Waals surface area contributed by atoms with Gasteiger partial charge in [0.05, 0.1) is 23.9 Å². The van der Waals surface area contributed by atoms with Gasteiger partial charge in [0.25, 0.3) is 5.91 Å². The van der Waals surface area contributed by atoms with Crippen molar-refractivity contribution in [2.45, 2.75) is 0 Å². The molecule has 7 nitrogen and oxygen atoms in total.